The summed E-state index contributed by atoms with van der Waals surface area (Å²) in [6, 6.07) is 15.3. The van der Waals surface area contributed by atoms with Crippen molar-refractivity contribution in [1.29, 1.82) is 0 Å². The molecule has 3 N–H and O–H groups in total. The minimum Gasteiger partial charge on any atom is -0.493 e. The molecule has 0 aliphatic rings. The first-order chi connectivity index (χ1) is 19.3. The third kappa shape index (κ3) is 7.31. The Kier molecular flexibility index (Phi) is 10.5. The minimum atomic E-state index is -0.553. The van der Waals surface area contributed by atoms with Gasteiger partial charge in [-0.1, -0.05) is 37.3 Å². The molecule has 10 nitrogen and oxygen atoms in total. The van der Waals surface area contributed by atoms with Gasteiger partial charge in [-0.15, -0.1) is 0 Å². The van der Waals surface area contributed by atoms with Crippen LogP contribution in [0.5, 0.6) is 23.0 Å². The highest BCUT2D eigenvalue weighted by atomic mass is 16.5. The molecule has 0 fully saturated rings. The van der Waals surface area contributed by atoms with Gasteiger partial charge in [0.05, 0.1) is 39.8 Å². The molecule has 3 aromatic carbocycles. The van der Waals surface area contributed by atoms with Crippen LogP contribution < -0.4 is 34.9 Å². The number of carbonyl (C=O) groups is 3. The van der Waals surface area contributed by atoms with Gasteiger partial charge in [0.25, 0.3) is 11.8 Å². The number of rotatable bonds is 12. The standard InChI is InChI=1S/C30H33N3O7/c1-6-14-31-29(35)20-15-23(28(40-5)24(17-20)37-2)33-30(36)21-16-22(27(39-4)25(18-21)38-3)32-26(34)13-12-19-10-8-7-9-11-19/h7-13,15-18H,6,14H2,1-5H3,(H,31,35)(H,32,34)(H,33,36)/b13-12+. The largest absolute Gasteiger partial charge is 0.493 e. The van der Waals surface area contributed by atoms with Crippen molar-refractivity contribution in [2.45, 2.75) is 13.3 Å². The molecule has 3 aromatic rings. The molecule has 0 bridgehead atoms. The van der Waals surface area contributed by atoms with Crippen molar-refractivity contribution >= 4 is 35.2 Å². The Bertz CT molecular complexity index is 1390. The monoisotopic (exact) mass is 547 g/mol. The summed E-state index contributed by atoms with van der Waals surface area (Å²) in [7, 11) is 5.72. The number of ether oxygens (including phenoxy) is 4. The summed E-state index contributed by atoms with van der Waals surface area (Å²) in [6.45, 7) is 2.44. The lowest BCUT2D eigenvalue weighted by molar-refractivity contribution is -0.111. The number of hydrogen-bond acceptors (Lipinski definition) is 7. The maximum absolute atomic E-state index is 13.4. The lowest BCUT2D eigenvalue weighted by atomic mass is 10.1. The number of amides is 3. The summed E-state index contributed by atoms with van der Waals surface area (Å²) in [6.07, 6.45) is 3.81. The highest BCUT2D eigenvalue weighted by Crippen LogP contribution is 2.39. The van der Waals surface area contributed by atoms with Gasteiger partial charge in [0.15, 0.2) is 23.0 Å². The summed E-state index contributed by atoms with van der Waals surface area (Å²) >= 11 is 0. The molecular weight excluding hydrogens is 514 g/mol. The Morgan fingerprint density at radius 1 is 0.725 bits per heavy atom. The highest BCUT2D eigenvalue weighted by molar-refractivity contribution is 6.09. The summed E-state index contributed by atoms with van der Waals surface area (Å²) < 4.78 is 21.7. The SMILES string of the molecule is CCCNC(=O)c1cc(NC(=O)c2cc(NC(=O)/C=C/c3ccccc3)c(OC)c(OC)c2)c(OC)c(OC)c1. The van der Waals surface area contributed by atoms with E-state index in [0.717, 1.165) is 12.0 Å². The van der Waals surface area contributed by atoms with Gasteiger partial charge in [-0.3, -0.25) is 14.4 Å². The number of hydrogen-bond donors (Lipinski definition) is 3. The maximum Gasteiger partial charge on any atom is 0.255 e. The van der Waals surface area contributed by atoms with Gasteiger partial charge in [0.2, 0.25) is 5.91 Å². The van der Waals surface area contributed by atoms with Crippen molar-refractivity contribution in [3.63, 3.8) is 0 Å². The summed E-state index contributed by atoms with van der Waals surface area (Å²) in [5.74, 6) is -0.320. The zero-order valence-corrected chi connectivity index (χ0v) is 23.1. The Labute approximate surface area is 233 Å². The van der Waals surface area contributed by atoms with Crippen LogP contribution >= 0.6 is 0 Å². The second-order valence-corrected chi connectivity index (χ2v) is 8.46. The van der Waals surface area contributed by atoms with Crippen LogP contribution in [-0.2, 0) is 4.79 Å². The van der Waals surface area contributed by atoms with E-state index in [9.17, 15) is 14.4 Å². The summed E-state index contributed by atoms with van der Waals surface area (Å²) in [5, 5.41) is 8.31. The van der Waals surface area contributed by atoms with E-state index in [4.69, 9.17) is 18.9 Å². The third-order valence-corrected chi connectivity index (χ3v) is 5.75. The molecule has 0 saturated carbocycles. The maximum atomic E-state index is 13.4. The van der Waals surface area contributed by atoms with Gasteiger partial charge < -0.3 is 34.9 Å². The van der Waals surface area contributed by atoms with Gasteiger partial charge >= 0.3 is 0 Å². The Hall–Kier alpha value is -4.99. The average Bonchev–Trinajstić information content (AvgIpc) is 2.98. The van der Waals surface area contributed by atoms with Crippen LogP contribution in [0.2, 0.25) is 0 Å². The molecule has 0 atom stereocenters. The third-order valence-electron chi connectivity index (χ3n) is 5.75. The quantitative estimate of drug-likeness (QED) is 0.279. The van der Waals surface area contributed by atoms with Gasteiger partial charge in [-0.25, -0.2) is 0 Å². The molecule has 40 heavy (non-hydrogen) atoms. The van der Waals surface area contributed by atoms with Crippen LogP contribution in [0.1, 0.15) is 39.6 Å². The fraction of sp³-hybridized carbons (Fsp3) is 0.233. The van der Waals surface area contributed by atoms with E-state index in [1.54, 1.807) is 6.08 Å². The molecule has 10 heteroatoms. The first-order valence-corrected chi connectivity index (χ1v) is 12.5. The second-order valence-electron chi connectivity index (χ2n) is 8.46. The van der Waals surface area contributed by atoms with Crippen molar-refractivity contribution in [1.82, 2.24) is 5.32 Å². The summed E-state index contributed by atoms with van der Waals surface area (Å²) in [5.41, 5.74) is 1.74. The fourth-order valence-corrected chi connectivity index (χ4v) is 3.82. The number of nitrogens with one attached hydrogen (secondary N) is 3. The van der Waals surface area contributed by atoms with Crippen molar-refractivity contribution < 1.29 is 33.3 Å². The predicted octanol–water partition coefficient (Wildman–Crippen LogP) is 4.77. The Balaban J connectivity index is 1.94. The van der Waals surface area contributed by atoms with Crippen molar-refractivity contribution in [3.8, 4) is 23.0 Å². The first kappa shape index (κ1) is 29.6. The lowest BCUT2D eigenvalue weighted by Gasteiger charge is -2.17. The average molecular weight is 548 g/mol. The Morgan fingerprint density at radius 3 is 1.80 bits per heavy atom. The minimum absolute atomic E-state index is 0.154. The van der Waals surface area contributed by atoms with Crippen molar-refractivity contribution in [3.05, 3.63) is 77.4 Å². The number of carbonyl (C=O) groups excluding carboxylic acids is 3. The molecule has 0 aliphatic heterocycles. The zero-order chi connectivity index (χ0) is 29.1. The van der Waals surface area contributed by atoms with Crippen LogP contribution in [0.15, 0.2) is 60.7 Å². The van der Waals surface area contributed by atoms with E-state index >= 15 is 0 Å². The van der Waals surface area contributed by atoms with E-state index in [1.807, 2.05) is 37.3 Å². The van der Waals surface area contributed by atoms with E-state index in [-0.39, 0.29) is 51.4 Å². The van der Waals surface area contributed by atoms with Gasteiger partial charge in [-0.2, -0.15) is 0 Å². The molecule has 0 aliphatic carbocycles. The summed E-state index contributed by atoms with van der Waals surface area (Å²) in [4.78, 5) is 38.7. The molecular formula is C30H33N3O7. The smallest absolute Gasteiger partial charge is 0.255 e. The van der Waals surface area contributed by atoms with Crippen molar-refractivity contribution in [2.75, 3.05) is 45.6 Å². The molecule has 0 heterocycles. The number of benzene rings is 3. The van der Waals surface area contributed by atoms with Crippen molar-refractivity contribution in [2.24, 2.45) is 0 Å². The lowest BCUT2D eigenvalue weighted by Crippen LogP contribution is -2.24. The van der Waals surface area contributed by atoms with E-state index < -0.39 is 11.8 Å². The van der Waals surface area contributed by atoms with Crippen LogP contribution in [0.3, 0.4) is 0 Å². The molecule has 0 unspecified atom stereocenters. The molecule has 0 radical (unpaired) electrons. The van der Waals surface area contributed by atoms with Gasteiger partial charge in [-0.05, 0) is 42.3 Å². The van der Waals surface area contributed by atoms with Crippen LogP contribution in [0.4, 0.5) is 11.4 Å². The molecule has 3 amide bonds. The molecule has 210 valence electrons. The fourth-order valence-electron chi connectivity index (χ4n) is 3.82. The highest BCUT2D eigenvalue weighted by Gasteiger charge is 2.21. The number of methoxy groups -OCH3 is 4. The molecule has 0 saturated heterocycles. The van der Waals surface area contributed by atoms with Crippen LogP contribution in [0.25, 0.3) is 6.08 Å². The van der Waals surface area contributed by atoms with E-state index in [2.05, 4.69) is 16.0 Å². The second kappa shape index (κ2) is 14.2. The normalized spacial score (nSPS) is 10.5. The topological polar surface area (TPSA) is 124 Å². The zero-order valence-electron chi connectivity index (χ0n) is 23.1. The molecule has 3 rings (SSSR count). The van der Waals surface area contributed by atoms with Gasteiger partial charge in [0.1, 0.15) is 0 Å². The number of anilines is 2. The van der Waals surface area contributed by atoms with Crippen LogP contribution in [-0.4, -0.2) is 52.7 Å². The predicted molar refractivity (Wildman–Crippen MR) is 154 cm³/mol. The molecule has 0 spiro atoms. The Morgan fingerprint density at radius 2 is 1.27 bits per heavy atom. The first-order valence-electron chi connectivity index (χ1n) is 12.5. The van der Waals surface area contributed by atoms with Crippen LogP contribution in [0, 0.1) is 0 Å². The molecule has 0 aromatic heterocycles. The van der Waals surface area contributed by atoms with E-state index in [0.29, 0.717) is 6.54 Å². The van der Waals surface area contributed by atoms with E-state index in [1.165, 1.54) is 58.8 Å². The van der Waals surface area contributed by atoms with Gasteiger partial charge in [0, 0.05) is 23.7 Å².